The maximum Gasteiger partial charge on any atom is 0.335 e. The molecule has 0 saturated heterocycles. The van der Waals surface area contributed by atoms with Crippen LogP contribution in [-0.4, -0.2) is 15.6 Å². The summed E-state index contributed by atoms with van der Waals surface area (Å²) in [6.07, 6.45) is 0. The molecular formula is C11H10FNO2. The number of carboxylic acid groups (broad SMARTS) is 1. The third-order valence-corrected chi connectivity index (χ3v) is 2.53. The molecular weight excluding hydrogens is 197 g/mol. The number of hydrogen-bond acceptors (Lipinski definition) is 1. The third-order valence-electron chi connectivity index (χ3n) is 2.53. The standard InChI is InChI=1S/C11H10FNO2/c1-13-9(6-12)4-7-2-3-8(11(14)15)5-10(7)13/h2-5H,6H2,1H3,(H,14,15). The van der Waals surface area contributed by atoms with E-state index in [0.717, 1.165) is 10.9 Å². The van der Waals surface area contributed by atoms with Crippen LogP contribution in [0.3, 0.4) is 0 Å². The summed E-state index contributed by atoms with van der Waals surface area (Å²) in [5.74, 6) is -0.972. The molecule has 15 heavy (non-hydrogen) atoms. The summed E-state index contributed by atoms with van der Waals surface area (Å²) in [4.78, 5) is 10.7. The van der Waals surface area contributed by atoms with Gasteiger partial charge in [0.1, 0.15) is 6.67 Å². The molecule has 0 atom stereocenters. The average Bonchev–Trinajstić information content (AvgIpc) is 2.55. The zero-order valence-corrected chi connectivity index (χ0v) is 8.20. The van der Waals surface area contributed by atoms with Gasteiger partial charge in [0.2, 0.25) is 0 Å². The number of halogens is 1. The third kappa shape index (κ3) is 1.48. The Bertz CT molecular complexity index is 531. The van der Waals surface area contributed by atoms with Gasteiger partial charge in [0.25, 0.3) is 0 Å². The molecule has 0 unspecified atom stereocenters. The van der Waals surface area contributed by atoms with Crippen LogP contribution in [0.5, 0.6) is 0 Å². The highest BCUT2D eigenvalue weighted by molar-refractivity contribution is 5.93. The van der Waals surface area contributed by atoms with E-state index in [1.165, 1.54) is 6.07 Å². The first kappa shape index (κ1) is 9.71. The first-order chi connectivity index (χ1) is 7.13. The van der Waals surface area contributed by atoms with Crippen LogP contribution in [0, 0.1) is 0 Å². The smallest absolute Gasteiger partial charge is 0.335 e. The van der Waals surface area contributed by atoms with Gasteiger partial charge in [-0.15, -0.1) is 0 Å². The van der Waals surface area contributed by atoms with Crippen LogP contribution in [0.4, 0.5) is 4.39 Å². The van der Waals surface area contributed by atoms with Gasteiger partial charge in [-0.25, -0.2) is 9.18 Å². The summed E-state index contributed by atoms with van der Waals surface area (Å²) in [7, 11) is 1.73. The van der Waals surface area contributed by atoms with E-state index in [4.69, 9.17) is 5.11 Å². The lowest BCUT2D eigenvalue weighted by molar-refractivity contribution is 0.0697. The molecule has 0 aliphatic rings. The van der Waals surface area contributed by atoms with E-state index in [-0.39, 0.29) is 5.56 Å². The molecule has 1 aromatic carbocycles. The predicted molar refractivity (Wildman–Crippen MR) is 54.7 cm³/mol. The Morgan fingerprint density at radius 3 is 2.80 bits per heavy atom. The molecule has 0 amide bonds. The number of carbonyl (C=O) groups is 1. The Morgan fingerprint density at radius 1 is 1.47 bits per heavy atom. The van der Waals surface area contributed by atoms with Crippen LogP contribution in [0.2, 0.25) is 0 Å². The van der Waals surface area contributed by atoms with Gasteiger partial charge in [0.05, 0.1) is 5.56 Å². The number of hydrogen-bond donors (Lipinski definition) is 1. The molecule has 0 aliphatic carbocycles. The second kappa shape index (κ2) is 3.38. The number of rotatable bonds is 2. The molecule has 1 aromatic heterocycles. The molecule has 2 aromatic rings. The lowest BCUT2D eigenvalue weighted by Gasteiger charge is -2.00. The van der Waals surface area contributed by atoms with Crippen LogP contribution in [-0.2, 0) is 13.7 Å². The molecule has 0 fully saturated rings. The molecule has 1 heterocycles. The number of fused-ring (bicyclic) bond motifs is 1. The van der Waals surface area contributed by atoms with Crippen LogP contribution < -0.4 is 0 Å². The molecule has 78 valence electrons. The largest absolute Gasteiger partial charge is 0.478 e. The summed E-state index contributed by atoms with van der Waals surface area (Å²) in [5, 5.41) is 9.67. The van der Waals surface area contributed by atoms with Crippen molar-refractivity contribution >= 4 is 16.9 Å². The van der Waals surface area contributed by atoms with Gasteiger partial charge < -0.3 is 9.67 Å². The zero-order valence-electron chi connectivity index (χ0n) is 8.20. The number of benzene rings is 1. The minimum atomic E-state index is -0.972. The Kier molecular flexibility index (Phi) is 2.19. The highest BCUT2D eigenvalue weighted by Gasteiger charge is 2.08. The molecule has 4 heteroatoms. The van der Waals surface area contributed by atoms with Crippen molar-refractivity contribution in [2.75, 3.05) is 0 Å². The van der Waals surface area contributed by atoms with E-state index in [9.17, 15) is 9.18 Å². The van der Waals surface area contributed by atoms with Gasteiger partial charge in [-0.1, -0.05) is 6.07 Å². The number of alkyl halides is 1. The van der Waals surface area contributed by atoms with Crippen LogP contribution in [0.1, 0.15) is 16.1 Å². The molecule has 0 aliphatic heterocycles. The predicted octanol–water partition coefficient (Wildman–Crippen LogP) is 2.35. The average molecular weight is 207 g/mol. The summed E-state index contributed by atoms with van der Waals surface area (Å²) >= 11 is 0. The topological polar surface area (TPSA) is 42.2 Å². The summed E-state index contributed by atoms with van der Waals surface area (Å²) in [5.41, 5.74) is 1.50. The molecule has 0 radical (unpaired) electrons. The second-order valence-electron chi connectivity index (χ2n) is 3.41. The van der Waals surface area contributed by atoms with Crippen molar-refractivity contribution in [3.63, 3.8) is 0 Å². The number of aromatic carboxylic acids is 1. The maximum atomic E-state index is 12.5. The molecule has 3 nitrogen and oxygen atoms in total. The maximum absolute atomic E-state index is 12.5. The fourth-order valence-electron chi connectivity index (χ4n) is 1.65. The van der Waals surface area contributed by atoms with Crippen molar-refractivity contribution in [3.8, 4) is 0 Å². The van der Waals surface area contributed by atoms with E-state index >= 15 is 0 Å². The Morgan fingerprint density at radius 2 is 2.20 bits per heavy atom. The minimum absolute atomic E-state index is 0.217. The summed E-state index contributed by atoms with van der Waals surface area (Å²) in [6.45, 7) is -0.548. The lowest BCUT2D eigenvalue weighted by Crippen LogP contribution is -1.97. The van der Waals surface area contributed by atoms with E-state index < -0.39 is 12.6 Å². The van der Waals surface area contributed by atoms with Crippen molar-refractivity contribution in [2.24, 2.45) is 7.05 Å². The molecule has 1 N–H and O–H groups in total. The first-order valence-electron chi connectivity index (χ1n) is 4.51. The van der Waals surface area contributed by atoms with Crippen molar-refractivity contribution in [2.45, 2.75) is 6.67 Å². The number of carboxylic acids is 1. The SMILES string of the molecule is Cn1c(CF)cc2ccc(C(=O)O)cc21. The van der Waals surface area contributed by atoms with Gasteiger partial charge in [-0.05, 0) is 23.6 Å². The van der Waals surface area contributed by atoms with Crippen LogP contribution in [0.25, 0.3) is 10.9 Å². The van der Waals surface area contributed by atoms with Crippen LogP contribution in [0.15, 0.2) is 24.3 Å². The van der Waals surface area contributed by atoms with Crippen molar-refractivity contribution in [1.82, 2.24) is 4.57 Å². The second-order valence-corrected chi connectivity index (χ2v) is 3.41. The van der Waals surface area contributed by atoms with Gasteiger partial charge in [-0.3, -0.25) is 0 Å². The van der Waals surface area contributed by atoms with Gasteiger partial charge >= 0.3 is 5.97 Å². The Hall–Kier alpha value is -1.84. The van der Waals surface area contributed by atoms with Crippen molar-refractivity contribution < 1.29 is 14.3 Å². The number of aryl methyl sites for hydroxylation is 1. The van der Waals surface area contributed by atoms with E-state index in [0.29, 0.717) is 5.69 Å². The monoisotopic (exact) mass is 207 g/mol. The minimum Gasteiger partial charge on any atom is -0.478 e. The van der Waals surface area contributed by atoms with Crippen molar-refractivity contribution in [3.05, 3.63) is 35.5 Å². The van der Waals surface area contributed by atoms with E-state index in [1.807, 2.05) is 0 Å². The molecule has 2 rings (SSSR count). The normalized spacial score (nSPS) is 10.8. The number of nitrogens with zero attached hydrogens (tertiary/aromatic N) is 1. The Balaban J connectivity index is 2.70. The molecule has 0 spiro atoms. The van der Waals surface area contributed by atoms with Gasteiger partial charge in [0.15, 0.2) is 0 Å². The van der Waals surface area contributed by atoms with Gasteiger partial charge in [-0.2, -0.15) is 0 Å². The Labute approximate surface area is 85.7 Å². The highest BCUT2D eigenvalue weighted by atomic mass is 19.1. The molecule has 0 saturated carbocycles. The fraction of sp³-hybridized carbons (Fsp3) is 0.182. The summed E-state index contributed by atoms with van der Waals surface area (Å²) in [6, 6.07) is 6.49. The molecule has 0 bridgehead atoms. The fourth-order valence-corrected chi connectivity index (χ4v) is 1.65. The van der Waals surface area contributed by atoms with E-state index in [1.54, 1.807) is 29.8 Å². The van der Waals surface area contributed by atoms with E-state index in [2.05, 4.69) is 0 Å². The highest BCUT2D eigenvalue weighted by Crippen LogP contribution is 2.20. The van der Waals surface area contributed by atoms with Gasteiger partial charge in [0, 0.05) is 18.3 Å². The first-order valence-corrected chi connectivity index (χ1v) is 4.51. The quantitative estimate of drug-likeness (QED) is 0.821. The van der Waals surface area contributed by atoms with Crippen molar-refractivity contribution in [1.29, 1.82) is 0 Å². The zero-order chi connectivity index (χ0) is 11.0. The summed E-state index contributed by atoms with van der Waals surface area (Å²) < 4.78 is 14.2. The lowest BCUT2D eigenvalue weighted by atomic mass is 10.1. The number of aromatic nitrogens is 1. The van der Waals surface area contributed by atoms with Crippen LogP contribution >= 0.6 is 0 Å².